The summed E-state index contributed by atoms with van der Waals surface area (Å²) in [7, 11) is 1.53. The van der Waals surface area contributed by atoms with Crippen LogP contribution in [0.25, 0.3) is 6.08 Å². The van der Waals surface area contributed by atoms with Crippen molar-refractivity contribution >= 4 is 12.0 Å². The highest BCUT2D eigenvalue weighted by molar-refractivity contribution is 5.78. The van der Waals surface area contributed by atoms with Gasteiger partial charge in [0.1, 0.15) is 0 Å². The first-order valence-corrected chi connectivity index (χ1v) is 6.97. The molecule has 0 atom stereocenters. The van der Waals surface area contributed by atoms with Gasteiger partial charge < -0.3 is 19.1 Å². The van der Waals surface area contributed by atoms with Gasteiger partial charge in [-0.25, -0.2) is 0 Å². The SMILES string of the molecule is COc1cc(C=CC#N)ccc1OCC(=O)N1CCOCC1. The summed E-state index contributed by atoms with van der Waals surface area (Å²) in [6, 6.07) is 7.21. The summed E-state index contributed by atoms with van der Waals surface area (Å²) >= 11 is 0. The van der Waals surface area contributed by atoms with E-state index in [0.29, 0.717) is 37.8 Å². The second kappa shape index (κ2) is 8.05. The third-order valence-corrected chi connectivity index (χ3v) is 3.25. The smallest absolute Gasteiger partial charge is 0.260 e. The van der Waals surface area contributed by atoms with Crippen LogP contribution < -0.4 is 9.47 Å². The Morgan fingerprint density at radius 2 is 2.18 bits per heavy atom. The molecule has 22 heavy (non-hydrogen) atoms. The van der Waals surface area contributed by atoms with E-state index in [1.807, 2.05) is 6.07 Å². The molecule has 1 aromatic rings. The van der Waals surface area contributed by atoms with Crippen LogP contribution in [0, 0.1) is 11.3 Å². The molecule has 6 heteroatoms. The molecule has 1 aliphatic heterocycles. The monoisotopic (exact) mass is 302 g/mol. The molecule has 0 spiro atoms. The number of allylic oxidation sites excluding steroid dienone is 1. The number of morpholine rings is 1. The molecular formula is C16H18N2O4. The van der Waals surface area contributed by atoms with Crippen molar-refractivity contribution in [3.05, 3.63) is 29.8 Å². The highest BCUT2D eigenvalue weighted by Crippen LogP contribution is 2.28. The average Bonchev–Trinajstić information content (AvgIpc) is 2.58. The zero-order valence-corrected chi connectivity index (χ0v) is 12.4. The van der Waals surface area contributed by atoms with Gasteiger partial charge in [0.25, 0.3) is 5.91 Å². The predicted molar refractivity (Wildman–Crippen MR) is 80.5 cm³/mol. The van der Waals surface area contributed by atoms with Crippen LogP contribution in [-0.2, 0) is 9.53 Å². The van der Waals surface area contributed by atoms with Gasteiger partial charge in [0.05, 0.1) is 26.4 Å². The molecule has 1 aromatic carbocycles. The predicted octanol–water partition coefficient (Wildman–Crippen LogP) is 1.47. The standard InChI is InChI=1S/C16H18N2O4/c1-20-15-11-13(3-2-6-17)4-5-14(15)22-12-16(19)18-7-9-21-10-8-18/h2-5,11H,7-10,12H2,1H3. The lowest BCUT2D eigenvalue weighted by Crippen LogP contribution is -2.43. The van der Waals surface area contributed by atoms with E-state index in [2.05, 4.69) is 0 Å². The number of ether oxygens (including phenoxy) is 3. The van der Waals surface area contributed by atoms with Gasteiger partial charge >= 0.3 is 0 Å². The summed E-state index contributed by atoms with van der Waals surface area (Å²) in [6.45, 7) is 2.28. The fraction of sp³-hybridized carbons (Fsp3) is 0.375. The minimum atomic E-state index is -0.0706. The minimum Gasteiger partial charge on any atom is -0.493 e. The van der Waals surface area contributed by atoms with Gasteiger partial charge in [0.2, 0.25) is 0 Å². The Labute approximate surface area is 129 Å². The number of carbonyl (C=O) groups is 1. The summed E-state index contributed by atoms with van der Waals surface area (Å²) in [6.07, 6.45) is 3.06. The summed E-state index contributed by atoms with van der Waals surface area (Å²) in [5.74, 6) is 0.951. The number of hydrogen-bond donors (Lipinski definition) is 0. The van der Waals surface area contributed by atoms with Gasteiger partial charge in [0, 0.05) is 19.2 Å². The van der Waals surface area contributed by atoms with Crippen LogP contribution in [0.3, 0.4) is 0 Å². The molecule has 116 valence electrons. The first-order chi connectivity index (χ1) is 10.7. The Morgan fingerprint density at radius 3 is 2.86 bits per heavy atom. The van der Waals surface area contributed by atoms with Crippen molar-refractivity contribution in [2.75, 3.05) is 40.0 Å². The largest absolute Gasteiger partial charge is 0.493 e. The quantitative estimate of drug-likeness (QED) is 0.770. The molecule has 0 bridgehead atoms. The maximum Gasteiger partial charge on any atom is 0.260 e. The Balaban J connectivity index is 1.98. The van der Waals surface area contributed by atoms with Crippen molar-refractivity contribution in [2.45, 2.75) is 0 Å². The first kappa shape index (κ1) is 15.9. The Bertz CT molecular complexity index is 586. The minimum absolute atomic E-state index is 0.0380. The molecule has 1 amide bonds. The number of amides is 1. The zero-order chi connectivity index (χ0) is 15.8. The fourth-order valence-corrected chi connectivity index (χ4v) is 2.08. The summed E-state index contributed by atoms with van der Waals surface area (Å²) in [5, 5.41) is 8.53. The number of carbonyl (C=O) groups excluding carboxylic acids is 1. The van der Waals surface area contributed by atoms with Crippen molar-refractivity contribution in [2.24, 2.45) is 0 Å². The number of rotatable bonds is 5. The average molecular weight is 302 g/mol. The molecule has 1 heterocycles. The second-order valence-corrected chi connectivity index (χ2v) is 4.65. The van der Waals surface area contributed by atoms with Gasteiger partial charge in [-0.15, -0.1) is 0 Å². The number of nitrogens with zero attached hydrogens (tertiary/aromatic N) is 2. The van der Waals surface area contributed by atoms with E-state index in [1.54, 1.807) is 29.2 Å². The lowest BCUT2D eigenvalue weighted by Gasteiger charge is -2.26. The van der Waals surface area contributed by atoms with Crippen LogP contribution in [0.15, 0.2) is 24.3 Å². The van der Waals surface area contributed by atoms with E-state index < -0.39 is 0 Å². The molecule has 6 nitrogen and oxygen atoms in total. The van der Waals surface area contributed by atoms with Gasteiger partial charge in [-0.2, -0.15) is 5.26 Å². The van der Waals surface area contributed by atoms with Crippen molar-refractivity contribution in [1.29, 1.82) is 5.26 Å². The third kappa shape index (κ3) is 4.24. The maximum absolute atomic E-state index is 12.0. The summed E-state index contributed by atoms with van der Waals surface area (Å²) in [5.41, 5.74) is 0.824. The van der Waals surface area contributed by atoms with E-state index in [0.717, 1.165) is 5.56 Å². The van der Waals surface area contributed by atoms with Crippen LogP contribution in [0.4, 0.5) is 0 Å². The van der Waals surface area contributed by atoms with Gasteiger partial charge in [0.15, 0.2) is 18.1 Å². The fourth-order valence-electron chi connectivity index (χ4n) is 2.08. The molecule has 1 fully saturated rings. The molecule has 0 aliphatic carbocycles. The van der Waals surface area contributed by atoms with Crippen molar-refractivity contribution in [3.8, 4) is 17.6 Å². The number of nitriles is 1. The van der Waals surface area contributed by atoms with Crippen molar-refractivity contribution in [3.63, 3.8) is 0 Å². The van der Waals surface area contributed by atoms with Crippen molar-refractivity contribution < 1.29 is 19.0 Å². The second-order valence-electron chi connectivity index (χ2n) is 4.65. The highest BCUT2D eigenvalue weighted by atomic mass is 16.5. The molecule has 0 radical (unpaired) electrons. The van der Waals surface area contributed by atoms with E-state index in [9.17, 15) is 4.79 Å². The van der Waals surface area contributed by atoms with Gasteiger partial charge in [-0.3, -0.25) is 4.79 Å². The highest BCUT2D eigenvalue weighted by Gasteiger charge is 2.17. The maximum atomic E-state index is 12.0. The Morgan fingerprint density at radius 1 is 1.41 bits per heavy atom. The topological polar surface area (TPSA) is 71.8 Å². The number of hydrogen-bond acceptors (Lipinski definition) is 5. The molecule has 1 saturated heterocycles. The summed E-state index contributed by atoms with van der Waals surface area (Å²) < 4.78 is 16.0. The van der Waals surface area contributed by atoms with Gasteiger partial charge in [-0.05, 0) is 23.8 Å². The van der Waals surface area contributed by atoms with Gasteiger partial charge in [-0.1, -0.05) is 6.07 Å². The van der Waals surface area contributed by atoms with Crippen molar-refractivity contribution in [1.82, 2.24) is 4.90 Å². The van der Waals surface area contributed by atoms with Crippen LogP contribution >= 0.6 is 0 Å². The molecule has 0 unspecified atom stereocenters. The van der Waals surface area contributed by atoms with E-state index in [4.69, 9.17) is 19.5 Å². The van der Waals surface area contributed by atoms with Crippen LogP contribution in [0.5, 0.6) is 11.5 Å². The van der Waals surface area contributed by atoms with E-state index >= 15 is 0 Å². The first-order valence-electron chi connectivity index (χ1n) is 6.97. The molecular weight excluding hydrogens is 284 g/mol. The molecule has 2 rings (SSSR count). The van der Waals surface area contributed by atoms with Crippen LogP contribution in [0.2, 0.25) is 0 Å². The Hall–Kier alpha value is -2.52. The molecule has 1 aliphatic rings. The normalized spacial score (nSPS) is 14.6. The Kier molecular flexibility index (Phi) is 5.81. The van der Waals surface area contributed by atoms with E-state index in [-0.39, 0.29) is 12.5 Å². The third-order valence-electron chi connectivity index (χ3n) is 3.25. The van der Waals surface area contributed by atoms with Crippen LogP contribution in [-0.4, -0.2) is 50.8 Å². The van der Waals surface area contributed by atoms with E-state index in [1.165, 1.54) is 13.2 Å². The lowest BCUT2D eigenvalue weighted by atomic mass is 10.2. The molecule has 0 aromatic heterocycles. The number of benzene rings is 1. The summed E-state index contributed by atoms with van der Waals surface area (Å²) in [4.78, 5) is 13.8. The number of methoxy groups -OCH3 is 1. The molecule has 0 saturated carbocycles. The zero-order valence-electron chi connectivity index (χ0n) is 12.4. The molecule has 0 N–H and O–H groups in total. The van der Waals surface area contributed by atoms with Crippen LogP contribution in [0.1, 0.15) is 5.56 Å². The lowest BCUT2D eigenvalue weighted by molar-refractivity contribution is -0.137.